The number of imidazole rings is 1. The maximum atomic E-state index is 12.8. The molecule has 1 saturated heterocycles. The predicted octanol–water partition coefficient (Wildman–Crippen LogP) is 2.87. The lowest BCUT2D eigenvalue weighted by Gasteiger charge is -2.17. The number of aromatic nitrogens is 4. The van der Waals surface area contributed by atoms with Crippen LogP contribution in [0.4, 0.5) is 0 Å². The van der Waals surface area contributed by atoms with Gasteiger partial charge in [-0.25, -0.2) is 15.0 Å². The van der Waals surface area contributed by atoms with Crippen molar-refractivity contribution < 1.29 is 9.53 Å². The first-order valence-electron chi connectivity index (χ1n) is 9.31. The summed E-state index contributed by atoms with van der Waals surface area (Å²) in [6.07, 6.45) is 5.30. The summed E-state index contributed by atoms with van der Waals surface area (Å²) in [7, 11) is 1.56. The van der Waals surface area contributed by atoms with Crippen molar-refractivity contribution in [1.29, 1.82) is 0 Å². The van der Waals surface area contributed by atoms with Crippen molar-refractivity contribution in [3.8, 4) is 5.88 Å². The predicted molar refractivity (Wildman–Crippen MR) is 102 cm³/mol. The van der Waals surface area contributed by atoms with E-state index in [9.17, 15) is 4.79 Å². The SMILES string of the molecule is CCCn1c(C2CCN(C(=O)c3ccc(OC)nc3)C2)nc2cccnc21. The zero-order chi connectivity index (χ0) is 18.8. The van der Waals surface area contributed by atoms with Gasteiger partial charge in [0.05, 0.1) is 12.7 Å². The van der Waals surface area contributed by atoms with Gasteiger partial charge < -0.3 is 14.2 Å². The summed E-state index contributed by atoms with van der Waals surface area (Å²) in [5.41, 5.74) is 2.43. The van der Waals surface area contributed by atoms with Crippen LogP contribution in [0.1, 0.15) is 41.9 Å². The van der Waals surface area contributed by atoms with Crippen molar-refractivity contribution >= 4 is 17.1 Å². The fourth-order valence-electron chi connectivity index (χ4n) is 3.70. The molecule has 4 rings (SSSR count). The van der Waals surface area contributed by atoms with Gasteiger partial charge in [0.25, 0.3) is 5.91 Å². The fourth-order valence-corrected chi connectivity index (χ4v) is 3.70. The molecule has 7 nitrogen and oxygen atoms in total. The van der Waals surface area contributed by atoms with Gasteiger partial charge in [0.2, 0.25) is 5.88 Å². The number of ether oxygens (including phenoxy) is 1. The molecule has 0 aliphatic carbocycles. The van der Waals surface area contributed by atoms with E-state index in [-0.39, 0.29) is 11.8 Å². The van der Waals surface area contributed by atoms with Crippen LogP contribution in [0, 0.1) is 0 Å². The quantitative estimate of drug-likeness (QED) is 0.695. The van der Waals surface area contributed by atoms with E-state index in [1.807, 2.05) is 17.0 Å². The van der Waals surface area contributed by atoms with Gasteiger partial charge in [-0.05, 0) is 31.0 Å². The van der Waals surface area contributed by atoms with Gasteiger partial charge in [-0.3, -0.25) is 4.79 Å². The van der Waals surface area contributed by atoms with Crippen LogP contribution < -0.4 is 4.74 Å². The number of likely N-dealkylation sites (tertiary alicyclic amines) is 1. The maximum Gasteiger partial charge on any atom is 0.255 e. The number of carbonyl (C=O) groups is 1. The smallest absolute Gasteiger partial charge is 0.255 e. The minimum Gasteiger partial charge on any atom is -0.481 e. The third kappa shape index (κ3) is 3.25. The Morgan fingerprint density at radius 3 is 2.93 bits per heavy atom. The first kappa shape index (κ1) is 17.5. The summed E-state index contributed by atoms with van der Waals surface area (Å²) < 4.78 is 7.27. The average Bonchev–Trinajstić information content (AvgIpc) is 3.33. The van der Waals surface area contributed by atoms with Gasteiger partial charge in [-0.15, -0.1) is 0 Å². The van der Waals surface area contributed by atoms with Crippen LogP contribution in [0.15, 0.2) is 36.7 Å². The van der Waals surface area contributed by atoms with Crippen LogP contribution >= 0.6 is 0 Å². The molecule has 140 valence electrons. The van der Waals surface area contributed by atoms with Crippen LogP contribution in [-0.4, -0.2) is 50.5 Å². The minimum absolute atomic E-state index is 0.00364. The minimum atomic E-state index is 0.00364. The van der Waals surface area contributed by atoms with Crippen molar-refractivity contribution in [1.82, 2.24) is 24.4 Å². The Morgan fingerprint density at radius 1 is 1.30 bits per heavy atom. The second-order valence-corrected chi connectivity index (χ2v) is 6.79. The molecule has 1 unspecified atom stereocenters. The van der Waals surface area contributed by atoms with E-state index >= 15 is 0 Å². The van der Waals surface area contributed by atoms with Crippen LogP contribution in [0.3, 0.4) is 0 Å². The Labute approximate surface area is 158 Å². The summed E-state index contributed by atoms with van der Waals surface area (Å²) in [6.45, 7) is 4.42. The Kier molecular flexibility index (Phi) is 4.75. The van der Waals surface area contributed by atoms with E-state index in [4.69, 9.17) is 9.72 Å². The molecule has 0 bridgehead atoms. The lowest BCUT2D eigenvalue weighted by Crippen LogP contribution is -2.28. The Hall–Kier alpha value is -2.96. The first-order valence-corrected chi connectivity index (χ1v) is 9.31. The number of carbonyl (C=O) groups excluding carboxylic acids is 1. The van der Waals surface area contributed by atoms with Gasteiger partial charge in [-0.2, -0.15) is 0 Å². The third-order valence-electron chi connectivity index (χ3n) is 5.01. The third-order valence-corrected chi connectivity index (χ3v) is 5.01. The van der Waals surface area contributed by atoms with E-state index in [0.29, 0.717) is 18.0 Å². The molecular weight excluding hydrogens is 342 g/mol. The summed E-state index contributed by atoms with van der Waals surface area (Å²) in [6, 6.07) is 7.39. The van der Waals surface area contributed by atoms with E-state index in [0.717, 1.165) is 42.9 Å². The largest absolute Gasteiger partial charge is 0.481 e. The molecule has 1 amide bonds. The van der Waals surface area contributed by atoms with E-state index in [2.05, 4.69) is 21.5 Å². The molecule has 0 radical (unpaired) electrons. The fraction of sp³-hybridized carbons (Fsp3) is 0.400. The second-order valence-electron chi connectivity index (χ2n) is 6.79. The molecule has 0 N–H and O–H groups in total. The summed E-state index contributed by atoms with van der Waals surface area (Å²) >= 11 is 0. The molecule has 3 aromatic heterocycles. The topological polar surface area (TPSA) is 73.1 Å². The molecule has 0 spiro atoms. The number of nitrogens with zero attached hydrogens (tertiary/aromatic N) is 5. The maximum absolute atomic E-state index is 12.8. The van der Waals surface area contributed by atoms with Gasteiger partial charge >= 0.3 is 0 Å². The zero-order valence-electron chi connectivity index (χ0n) is 15.6. The standard InChI is InChI=1S/C20H23N5O2/c1-3-10-25-18(23-16-5-4-9-21-19(16)25)15-8-11-24(13-15)20(26)14-6-7-17(27-2)22-12-14/h4-7,9,12,15H,3,8,10-11,13H2,1-2H3. The molecular formula is C20H23N5O2. The molecule has 1 aliphatic heterocycles. The van der Waals surface area contributed by atoms with Crippen LogP contribution in [-0.2, 0) is 6.54 Å². The van der Waals surface area contributed by atoms with Crippen LogP contribution in [0.25, 0.3) is 11.2 Å². The van der Waals surface area contributed by atoms with Gasteiger partial charge in [-0.1, -0.05) is 6.92 Å². The van der Waals surface area contributed by atoms with Crippen molar-refractivity contribution in [2.45, 2.75) is 32.2 Å². The summed E-state index contributed by atoms with van der Waals surface area (Å²) in [4.78, 5) is 28.2. The van der Waals surface area contributed by atoms with Gasteiger partial charge in [0.1, 0.15) is 11.3 Å². The molecule has 0 aromatic carbocycles. The van der Waals surface area contributed by atoms with E-state index in [1.54, 1.807) is 31.6 Å². The normalized spacial score (nSPS) is 16.8. The zero-order valence-corrected chi connectivity index (χ0v) is 15.6. The Balaban J connectivity index is 1.56. The lowest BCUT2D eigenvalue weighted by atomic mass is 10.1. The number of amides is 1. The van der Waals surface area contributed by atoms with E-state index in [1.165, 1.54) is 0 Å². The molecule has 27 heavy (non-hydrogen) atoms. The van der Waals surface area contributed by atoms with Crippen molar-refractivity contribution in [2.24, 2.45) is 0 Å². The van der Waals surface area contributed by atoms with Gasteiger partial charge in [0.15, 0.2) is 5.65 Å². The van der Waals surface area contributed by atoms with E-state index < -0.39 is 0 Å². The molecule has 4 heterocycles. The Bertz CT molecular complexity index is 951. The molecule has 7 heteroatoms. The Morgan fingerprint density at radius 2 is 2.19 bits per heavy atom. The highest BCUT2D eigenvalue weighted by atomic mass is 16.5. The highest BCUT2D eigenvalue weighted by molar-refractivity contribution is 5.94. The second kappa shape index (κ2) is 7.34. The highest BCUT2D eigenvalue weighted by Gasteiger charge is 2.31. The number of hydrogen-bond donors (Lipinski definition) is 0. The number of methoxy groups -OCH3 is 1. The van der Waals surface area contributed by atoms with Crippen LogP contribution in [0.2, 0.25) is 0 Å². The van der Waals surface area contributed by atoms with Crippen molar-refractivity contribution in [2.75, 3.05) is 20.2 Å². The molecule has 1 atom stereocenters. The monoisotopic (exact) mass is 365 g/mol. The number of aryl methyl sites for hydroxylation is 1. The first-order chi connectivity index (χ1) is 13.2. The van der Waals surface area contributed by atoms with Crippen molar-refractivity contribution in [3.63, 3.8) is 0 Å². The average molecular weight is 365 g/mol. The lowest BCUT2D eigenvalue weighted by molar-refractivity contribution is 0.0790. The van der Waals surface area contributed by atoms with Crippen molar-refractivity contribution in [3.05, 3.63) is 48.0 Å². The number of pyridine rings is 2. The highest BCUT2D eigenvalue weighted by Crippen LogP contribution is 2.30. The molecule has 3 aromatic rings. The number of fused-ring (bicyclic) bond motifs is 1. The number of hydrogen-bond acceptors (Lipinski definition) is 5. The summed E-state index contributed by atoms with van der Waals surface area (Å²) in [5.74, 6) is 1.77. The molecule has 0 saturated carbocycles. The molecule has 1 aliphatic rings. The number of rotatable bonds is 5. The van der Waals surface area contributed by atoms with Crippen LogP contribution in [0.5, 0.6) is 5.88 Å². The summed E-state index contributed by atoms with van der Waals surface area (Å²) in [5, 5.41) is 0. The van der Waals surface area contributed by atoms with Gasteiger partial charge in [0, 0.05) is 44.0 Å². The molecule has 1 fully saturated rings.